The van der Waals surface area contributed by atoms with Gasteiger partial charge in [-0.1, -0.05) is 0 Å². The van der Waals surface area contributed by atoms with E-state index >= 15 is 0 Å². The molecule has 1 aromatic rings. The standard InChI is InChI=1S/C16H21N3O4S/c1-11-8-12(19(21)22)2-3-13(11)17-16(20)9-18-5-7-24-15-10-23-6-4-14(15)18/h2-3,8,14-15H,4-7,9-10H2,1H3,(H,17,20)/t14-,15+/m1/s1. The number of fused-ring (bicyclic) bond motifs is 1. The molecule has 24 heavy (non-hydrogen) atoms. The molecule has 0 unspecified atom stereocenters. The third-order valence-electron chi connectivity index (χ3n) is 4.49. The van der Waals surface area contributed by atoms with Crippen LogP contribution in [0.15, 0.2) is 18.2 Å². The van der Waals surface area contributed by atoms with Crippen LogP contribution in [-0.2, 0) is 9.53 Å². The molecule has 2 heterocycles. The third-order valence-corrected chi connectivity index (χ3v) is 5.79. The van der Waals surface area contributed by atoms with Crippen molar-refractivity contribution in [3.05, 3.63) is 33.9 Å². The van der Waals surface area contributed by atoms with Crippen LogP contribution < -0.4 is 5.32 Å². The summed E-state index contributed by atoms with van der Waals surface area (Å²) in [7, 11) is 0. The van der Waals surface area contributed by atoms with Crippen molar-refractivity contribution in [2.24, 2.45) is 0 Å². The van der Waals surface area contributed by atoms with Gasteiger partial charge in [-0.3, -0.25) is 19.8 Å². The van der Waals surface area contributed by atoms with Crippen molar-refractivity contribution in [3.63, 3.8) is 0 Å². The zero-order valence-electron chi connectivity index (χ0n) is 13.6. The molecule has 0 aliphatic carbocycles. The minimum atomic E-state index is -0.435. The molecule has 8 heteroatoms. The summed E-state index contributed by atoms with van der Waals surface area (Å²) in [4.78, 5) is 25.0. The average Bonchev–Trinajstić information content (AvgIpc) is 2.57. The SMILES string of the molecule is Cc1cc([N+](=O)[O-])ccc1NC(=O)CN1CCS[C@H]2COCC[C@H]21. The Morgan fingerprint density at radius 3 is 3.12 bits per heavy atom. The summed E-state index contributed by atoms with van der Waals surface area (Å²) < 4.78 is 5.53. The third kappa shape index (κ3) is 3.88. The average molecular weight is 351 g/mol. The molecule has 2 aliphatic rings. The second-order valence-electron chi connectivity index (χ2n) is 6.12. The topological polar surface area (TPSA) is 84.7 Å². The number of hydrogen-bond donors (Lipinski definition) is 1. The summed E-state index contributed by atoms with van der Waals surface area (Å²) >= 11 is 1.93. The number of nitrogens with zero attached hydrogens (tertiary/aromatic N) is 2. The summed E-state index contributed by atoms with van der Waals surface area (Å²) in [6, 6.07) is 4.87. The molecule has 0 saturated carbocycles. The van der Waals surface area contributed by atoms with Gasteiger partial charge in [-0.15, -0.1) is 0 Å². The van der Waals surface area contributed by atoms with Crippen molar-refractivity contribution in [3.8, 4) is 0 Å². The molecule has 2 saturated heterocycles. The Balaban J connectivity index is 1.62. The highest BCUT2D eigenvalue weighted by Crippen LogP contribution is 2.30. The van der Waals surface area contributed by atoms with Gasteiger partial charge in [-0.05, 0) is 25.0 Å². The summed E-state index contributed by atoms with van der Waals surface area (Å²) in [5, 5.41) is 14.1. The van der Waals surface area contributed by atoms with Gasteiger partial charge in [0.15, 0.2) is 0 Å². The zero-order valence-corrected chi connectivity index (χ0v) is 14.4. The lowest BCUT2D eigenvalue weighted by Crippen LogP contribution is -2.53. The van der Waals surface area contributed by atoms with Gasteiger partial charge >= 0.3 is 0 Å². The molecule has 1 N–H and O–H groups in total. The number of ether oxygens (including phenoxy) is 1. The number of nitro benzene ring substituents is 1. The van der Waals surface area contributed by atoms with Gasteiger partial charge in [0.1, 0.15) is 0 Å². The number of benzene rings is 1. The quantitative estimate of drug-likeness (QED) is 0.660. The fourth-order valence-corrected chi connectivity index (χ4v) is 4.60. The molecule has 3 rings (SSSR count). The summed E-state index contributed by atoms with van der Waals surface area (Å²) in [6.45, 7) is 4.52. The molecule has 1 amide bonds. The van der Waals surface area contributed by atoms with Gasteiger partial charge in [-0.25, -0.2) is 0 Å². The van der Waals surface area contributed by atoms with Gasteiger partial charge < -0.3 is 10.1 Å². The molecule has 0 radical (unpaired) electrons. The number of hydrogen-bond acceptors (Lipinski definition) is 6. The smallest absolute Gasteiger partial charge is 0.269 e. The number of nitro groups is 1. The second kappa shape index (κ2) is 7.50. The molecule has 2 fully saturated rings. The fourth-order valence-electron chi connectivity index (χ4n) is 3.24. The number of non-ortho nitro benzene ring substituents is 1. The minimum Gasteiger partial charge on any atom is -0.380 e. The van der Waals surface area contributed by atoms with Crippen LogP contribution in [0.3, 0.4) is 0 Å². The first-order valence-corrected chi connectivity index (χ1v) is 9.08. The second-order valence-corrected chi connectivity index (χ2v) is 7.46. The number of rotatable bonds is 4. The first-order valence-electron chi connectivity index (χ1n) is 8.03. The molecule has 130 valence electrons. The Morgan fingerprint density at radius 2 is 2.38 bits per heavy atom. The molecular formula is C16H21N3O4S. The maximum Gasteiger partial charge on any atom is 0.269 e. The normalized spacial score (nSPS) is 24.2. The summed E-state index contributed by atoms with van der Waals surface area (Å²) in [6.07, 6.45) is 0.960. The lowest BCUT2D eigenvalue weighted by Gasteiger charge is -2.43. The maximum absolute atomic E-state index is 12.4. The number of anilines is 1. The van der Waals surface area contributed by atoms with E-state index in [4.69, 9.17) is 4.74 Å². The van der Waals surface area contributed by atoms with Crippen LogP contribution in [0.25, 0.3) is 0 Å². The van der Waals surface area contributed by atoms with Crippen LogP contribution in [0.2, 0.25) is 0 Å². The van der Waals surface area contributed by atoms with Crippen molar-refractivity contribution < 1.29 is 14.5 Å². The van der Waals surface area contributed by atoms with Gasteiger partial charge in [0.05, 0.1) is 18.1 Å². The Hall–Kier alpha value is -1.64. The van der Waals surface area contributed by atoms with Crippen LogP contribution in [0.1, 0.15) is 12.0 Å². The Labute approximate surface area is 144 Å². The maximum atomic E-state index is 12.4. The van der Waals surface area contributed by atoms with Gasteiger partial charge in [0.2, 0.25) is 5.91 Å². The van der Waals surface area contributed by atoms with E-state index in [0.717, 1.165) is 31.9 Å². The molecule has 0 spiro atoms. The van der Waals surface area contributed by atoms with E-state index in [9.17, 15) is 14.9 Å². The lowest BCUT2D eigenvalue weighted by atomic mass is 10.1. The van der Waals surface area contributed by atoms with Crippen molar-refractivity contribution in [2.45, 2.75) is 24.6 Å². The van der Waals surface area contributed by atoms with Crippen LogP contribution in [0.5, 0.6) is 0 Å². The molecule has 7 nitrogen and oxygen atoms in total. The Morgan fingerprint density at radius 1 is 1.54 bits per heavy atom. The van der Waals surface area contributed by atoms with E-state index in [0.29, 0.717) is 29.1 Å². The molecule has 0 aromatic heterocycles. The van der Waals surface area contributed by atoms with Gasteiger partial charge in [0.25, 0.3) is 5.69 Å². The predicted molar refractivity (Wildman–Crippen MR) is 93.5 cm³/mol. The number of aryl methyl sites for hydroxylation is 1. The van der Waals surface area contributed by atoms with Crippen molar-refractivity contribution >= 4 is 29.0 Å². The van der Waals surface area contributed by atoms with Gasteiger partial charge in [0, 0.05) is 48.0 Å². The highest BCUT2D eigenvalue weighted by Gasteiger charge is 2.35. The number of carbonyl (C=O) groups is 1. The number of amides is 1. The van der Waals surface area contributed by atoms with Crippen molar-refractivity contribution in [2.75, 3.05) is 37.4 Å². The van der Waals surface area contributed by atoms with E-state index in [2.05, 4.69) is 10.2 Å². The summed E-state index contributed by atoms with van der Waals surface area (Å²) in [5.74, 6) is 0.929. The zero-order chi connectivity index (χ0) is 17.1. The van der Waals surface area contributed by atoms with E-state index in [1.807, 2.05) is 11.8 Å². The van der Waals surface area contributed by atoms with E-state index in [1.165, 1.54) is 12.1 Å². The minimum absolute atomic E-state index is 0.0311. The largest absolute Gasteiger partial charge is 0.380 e. The molecular weight excluding hydrogens is 330 g/mol. The number of carbonyl (C=O) groups excluding carboxylic acids is 1. The van der Waals surface area contributed by atoms with E-state index in [1.54, 1.807) is 13.0 Å². The first kappa shape index (κ1) is 17.2. The fraction of sp³-hybridized carbons (Fsp3) is 0.562. The number of thioether (sulfide) groups is 1. The van der Waals surface area contributed by atoms with E-state index in [-0.39, 0.29) is 11.6 Å². The van der Waals surface area contributed by atoms with Crippen molar-refractivity contribution in [1.29, 1.82) is 0 Å². The molecule has 2 aliphatic heterocycles. The van der Waals surface area contributed by atoms with Crippen LogP contribution in [-0.4, -0.2) is 59.1 Å². The summed E-state index contributed by atoms with van der Waals surface area (Å²) in [5.41, 5.74) is 1.35. The van der Waals surface area contributed by atoms with Crippen LogP contribution in [0.4, 0.5) is 11.4 Å². The monoisotopic (exact) mass is 351 g/mol. The first-order chi connectivity index (χ1) is 11.5. The molecule has 2 atom stereocenters. The number of nitrogens with one attached hydrogen (secondary N) is 1. The predicted octanol–water partition coefficient (Wildman–Crippen LogP) is 2.05. The van der Waals surface area contributed by atoms with E-state index < -0.39 is 4.92 Å². The van der Waals surface area contributed by atoms with Crippen LogP contribution >= 0.6 is 11.8 Å². The van der Waals surface area contributed by atoms with Gasteiger partial charge in [-0.2, -0.15) is 11.8 Å². The highest BCUT2D eigenvalue weighted by atomic mass is 32.2. The molecule has 1 aromatic carbocycles. The lowest BCUT2D eigenvalue weighted by molar-refractivity contribution is -0.384. The molecule has 0 bridgehead atoms. The van der Waals surface area contributed by atoms with Crippen molar-refractivity contribution in [1.82, 2.24) is 4.90 Å². The Bertz CT molecular complexity index is 638. The van der Waals surface area contributed by atoms with Crippen LogP contribution in [0, 0.1) is 17.0 Å². The highest BCUT2D eigenvalue weighted by molar-refractivity contribution is 8.00. The Kier molecular flexibility index (Phi) is 5.37.